The second kappa shape index (κ2) is 12.2. The zero-order chi connectivity index (χ0) is 26.4. The third kappa shape index (κ3) is 7.07. The standard InChI is InChI=1S/C32H39N3O2/c1-23(2)28-14-15-29(22-34-16-18-35(19-17-34)25(4)36)30(21-28)20-24(3)26-10-12-27(13-11-26)32(37)33-31-8-6-5-7-9-31/h5-15,21,23-24H,16-20,22H2,1-4H3,(H,33,37). The van der Waals surface area contributed by atoms with E-state index in [1.54, 1.807) is 6.92 Å². The average molecular weight is 498 g/mol. The minimum Gasteiger partial charge on any atom is -0.340 e. The fourth-order valence-corrected chi connectivity index (χ4v) is 4.95. The van der Waals surface area contributed by atoms with Crippen molar-refractivity contribution < 1.29 is 9.59 Å². The molecule has 5 heteroatoms. The van der Waals surface area contributed by atoms with E-state index in [0.717, 1.165) is 44.8 Å². The van der Waals surface area contributed by atoms with E-state index in [1.807, 2.05) is 47.4 Å². The Morgan fingerprint density at radius 1 is 0.811 bits per heavy atom. The molecule has 1 saturated heterocycles. The van der Waals surface area contributed by atoms with Crippen molar-refractivity contribution in [1.82, 2.24) is 9.80 Å². The molecule has 1 atom stereocenters. The molecule has 1 heterocycles. The summed E-state index contributed by atoms with van der Waals surface area (Å²) in [7, 11) is 0. The highest BCUT2D eigenvalue weighted by Gasteiger charge is 2.20. The van der Waals surface area contributed by atoms with E-state index in [-0.39, 0.29) is 11.8 Å². The number of carbonyl (C=O) groups excluding carboxylic acids is 2. The van der Waals surface area contributed by atoms with Gasteiger partial charge >= 0.3 is 0 Å². The Hall–Kier alpha value is -3.44. The molecule has 1 N–H and O–H groups in total. The monoisotopic (exact) mass is 497 g/mol. The first-order valence-electron chi connectivity index (χ1n) is 13.4. The molecule has 3 aromatic rings. The average Bonchev–Trinajstić information content (AvgIpc) is 2.90. The van der Waals surface area contributed by atoms with Crippen LogP contribution in [-0.4, -0.2) is 47.8 Å². The molecule has 0 spiro atoms. The highest BCUT2D eigenvalue weighted by Crippen LogP contribution is 2.27. The number of amides is 2. The summed E-state index contributed by atoms with van der Waals surface area (Å²) >= 11 is 0. The van der Waals surface area contributed by atoms with Gasteiger partial charge in [-0.25, -0.2) is 0 Å². The number of hydrogen-bond acceptors (Lipinski definition) is 3. The smallest absolute Gasteiger partial charge is 0.255 e. The fraction of sp³-hybridized carbons (Fsp3) is 0.375. The van der Waals surface area contributed by atoms with Crippen LogP contribution in [0.1, 0.15) is 72.1 Å². The van der Waals surface area contributed by atoms with Gasteiger partial charge in [0.05, 0.1) is 0 Å². The normalized spacial score (nSPS) is 15.0. The molecule has 1 unspecified atom stereocenters. The second-order valence-corrected chi connectivity index (χ2v) is 10.5. The summed E-state index contributed by atoms with van der Waals surface area (Å²) in [5, 5.41) is 2.95. The van der Waals surface area contributed by atoms with Crippen LogP contribution in [0.3, 0.4) is 0 Å². The van der Waals surface area contributed by atoms with Gasteiger partial charge in [0.15, 0.2) is 0 Å². The van der Waals surface area contributed by atoms with E-state index in [9.17, 15) is 9.59 Å². The summed E-state index contributed by atoms with van der Waals surface area (Å²) in [5.41, 5.74) is 6.80. The highest BCUT2D eigenvalue weighted by atomic mass is 16.2. The molecule has 3 aromatic carbocycles. The van der Waals surface area contributed by atoms with Gasteiger partial charge in [-0.2, -0.15) is 0 Å². The summed E-state index contributed by atoms with van der Waals surface area (Å²) in [6.45, 7) is 12.7. The minimum atomic E-state index is -0.0952. The van der Waals surface area contributed by atoms with Crippen LogP contribution in [0.5, 0.6) is 0 Å². The Morgan fingerprint density at radius 3 is 2.08 bits per heavy atom. The SMILES string of the molecule is CC(=O)N1CCN(Cc2ccc(C(C)C)cc2CC(C)c2ccc(C(=O)Nc3ccccc3)cc2)CC1. The van der Waals surface area contributed by atoms with Gasteiger partial charge in [-0.3, -0.25) is 14.5 Å². The van der Waals surface area contributed by atoms with Crippen molar-refractivity contribution in [2.75, 3.05) is 31.5 Å². The topological polar surface area (TPSA) is 52.7 Å². The first-order valence-corrected chi connectivity index (χ1v) is 13.4. The number of nitrogens with one attached hydrogen (secondary N) is 1. The van der Waals surface area contributed by atoms with Crippen molar-refractivity contribution in [3.8, 4) is 0 Å². The van der Waals surface area contributed by atoms with Crippen LogP contribution in [0, 0.1) is 0 Å². The van der Waals surface area contributed by atoms with Crippen molar-refractivity contribution >= 4 is 17.5 Å². The van der Waals surface area contributed by atoms with Gasteiger partial charge in [-0.15, -0.1) is 0 Å². The van der Waals surface area contributed by atoms with Gasteiger partial charge in [0, 0.05) is 50.9 Å². The Bertz CT molecular complexity index is 1200. The molecule has 0 radical (unpaired) electrons. The third-order valence-electron chi connectivity index (χ3n) is 7.41. The zero-order valence-electron chi connectivity index (χ0n) is 22.5. The van der Waals surface area contributed by atoms with Gasteiger partial charge in [0.1, 0.15) is 0 Å². The lowest BCUT2D eigenvalue weighted by Crippen LogP contribution is -2.47. The van der Waals surface area contributed by atoms with Crippen LogP contribution in [0.4, 0.5) is 5.69 Å². The molecule has 0 bridgehead atoms. The molecule has 4 rings (SSSR count). The van der Waals surface area contributed by atoms with Crippen LogP contribution in [0.2, 0.25) is 0 Å². The lowest BCUT2D eigenvalue weighted by atomic mass is 9.88. The van der Waals surface area contributed by atoms with Gasteiger partial charge in [0.25, 0.3) is 5.91 Å². The molecule has 194 valence electrons. The number of piperazine rings is 1. The Labute approximate surface area is 221 Å². The molecule has 37 heavy (non-hydrogen) atoms. The molecule has 1 fully saturated rings. The Morgan fingerprint density at radius 2 is 1.46 bits per heavy atom. The molecule has 2 amide bonds. The molecule has 0 aliphatic carbocycles. The number of rotatable bonds is 8. The van der Waals surface area contributed by atoms with E-state index in [4.69, 9.17) is 0 Å². The predicted octanol–water partition coefficient (Wildman–Crippen LogP) is 6.07. The molecular weight excluding hydrogens is 458 g/mol. The van der Waals surface area contributed by atoms with Crippen LogP contribution in [-0.2, 0) is 17.8 Å². The van der Waals surface area contributed by atoms with Crippen molar-refractivity contribution in [2.24, 2.45) is 0 Å². The summed E-state index contributed by atoms with van der Waals surface area (Å²) in [6.07, 6.45) is 0.943. The maximum absolute atomic E-state index is 12.6. The summed E-state index contributed by atoms with van der Waals surface area (Å²) < 4.78 is 0. The molecule has 0 aromatic heterocycles. The van der Waals surface area contributed by atoms with Gasteiger partial charge in [0.2, 0.25) is 5.91 Å². The maximum atomic E-state index is 12.6. The first-order chi connectivity index (χ1) is 17.8. The van der Waals surface area contributed by atoms with E-state index >= 15 is 0 Å². The summed E-state index contributed by atoms with van der Waals surface area (Å²) in [4.78, 5) is 28.7. The number of hydrogen-bond donors (Lipinski definition) is 1. The van der Waals surface area contributed by atoms with Crippen molar-refractivity contribution in [2.45, 2.75) is 52.5 Å². The Kier molecular flexibility index (Phi) is 8.78. The Balaban J connectivity index is 1.45. The van der Waals surface area contributed by atoms with Crippen LogP contribution >= 0.6 is 0 Å². The van der Waals surface area contributed by atoms with E-state index in [1.165, 1.54) is 22.3 Å². The van der Waals surface area contributed by atoms with Crippen LogP contribution in [0.15, 0.2) is 72.8 Å². The second-order valence-electron chi connectivity index (χ2n) is 10.5. The van der Waals surface area contributed by atoms with E-state index in [0.29, 0.717) is 17.4 Å². The highest BCUT2D eigenvalue weighted by molar-refractivity contribution is 6.04. The van der Waals surface area contributed by atoms with Gasteiger partial charge < -0.3 is 10.2 Å². The van der Waals surface area contributed by atoms with E-state index in [2.05, 4.69) is 61.3 Å². The van der Waals surface area contributed by atoms with Crippen LogP contribution < -0.4 is 5.32 Å². The number of carbonyl (C=O) groups is 2. The van der Waals surface area contributed by atoms with Crippen molar-refractivity contribution in [3.05, 3.63) is 101 Å². The molecule has 1 aliphatic heterocycles. The number of benzene rings is 3. The largest absolute Gasteiger partial charge is 0.340 e. The summed E-state index contributed by atoms with van der Waals surface area (Å²) in [5.74, 6) is 0.868. The lowest BCUT2D eigenvalue weighted by Gasteiger charge is -2.34. The first kappa shape index (κ1) is 26.6. The molecule has 1 aliphatic rings. The van der Waals surface area contributed by atoms with E-state index < -0.39 is 0 Å². The molecular formula is C32H39N3O2. The van der Waals surface area contributed by atoms with Gasteiger partial charge in [-0.05, 0) is 64.8 Å². The van der Waals surface area contributed by atoms with Crippen molar-refractivity contribution in [1.29, 1.82) is 0 Å². The fourth-order valence-electron chi connectivity index (χ4n) is 4.95. The molecule has 5 nitrogen and oxygen atoms in total. The minimum absolute atomic E-state index is 0.0952. The lowest BCUT2D eigenvalue weighted by molar-refractivity contribution is -0.130. The van der Waals surface area contributed by atoms with Gasteiger partial charge in [-0.1, -0.05) is 69.3 Å². The quantitative estimate of drug-likeness (QED) is 0.411. The number of anilines is 1. The summed E-state index contributed by atoms with van der Waals surface area (Å²) in [6, 6.07) is 24.5. The maximum Gasteiger partial charge on any atom is 0.255 e. The molecule has 0 saturated carbocycles. The predicted molar refractivity (Wildman–Crippen MR) is 151 cm³/mol. The number of nitrogens with zero attached hydrogens (tertiary/aromatic N) is 2. The van der Waals surface area contributed by atoms with Crippen molar-refractivity contribution in [3.63, 3.8) is 0 Å². The number of para-hydroxylation sites is 1. The zero-order valence-corrected chi connectivity index (χ0v) is 22.5. The third-order valence-corrected chi connectivity index (χ3v) is 7.41. The van der Waals surface area contributed by atoms with Crippen LogP contribution in [0.25, 0.3) is 0 Å².